The van der Waals surface area contributed by atoms with Gasteiger partial charge >= 0.3 is 30.8 Å². The molecular weight excluding hydrogens is 665 g/mol. The molecular formula is C47H90LiNO5-2. The molecule has 0 aliphatic heterocycles. The molecule has 0 heterocycles. The Morgan fingerprint density at radius 2 is 0.870 bits per heavy atom. The van der Waals surface area contributed by atoms with Gasteiger partial charge in [-0.15, -0.1) is 0 Å². The van der Waals surface area contributed by atoms with Crippen LogP contribution >= 0.6 is 0 Å². The summed E-state index contributed by atoms with van der Waals surface area (Å²) in [5, 5.41) is 0. The summed E-state index contributed by atoms with van der Waals surface area (Å²) in [5.41, 5.74) is -0.174. The van der Waals surface area contributed by atoms with Gasteiger partial charge in [0, 0.05) is 0 Å². The maximum absolute atomic E-state index is 13.2. The van der Waals surface area contributed by atoms with Crippen LogP contribution < -0.4 is 18.9 Å². The topological polar surface area (TPSA) is 72.9 Å². The molecule has 0 saturated heterocycles. The van der Waals surface area contributed by atoms with Crippen molar-refractivity contribution in [1.82, 2.24) is 4.90 Å². The number of nitrogens with zero attached hydrogens (tertiary/aromatic N) is 1. The van der Waals surface area contributed by atoms with Gasteiger partial charge in [-0.3, -0.25) is 15.9 Å². The van der Waals surface area contributed by atoms with Crippen LogP contribution in [-0.4, -0.2) is 57.0 Å². The fraction of sp³-hybridized carbons (Fsp3) is 0.894. The fourth-order valence-corrected chi connectivity index (χ4v) is 6.93. The normalized spacial score (nSPS) is 12.4. The van der Waals surface area contributed by atoms with Crippen molar-refractivity contribution >= 4 is 18.2 Å². The average molecular weight is 756 g/mol. The molecule has 54 heavy (non-hydrogen) atoms. The minimum Gasteiger partial charge on any atom is -0.542 e. The van der Waals surface area contributed by atoms with Crippen molar-refractivity contribution < 1.29 is 42.7 Å². The Bertz CT molecular complexity index is 751. The van der Waals surface area contributed by atoms with Crippen LogP contribution in [0.2, 0.25) is 0 Å². The Hall–Kier alpha value is -0.833. The minimum atomic E-state index is -0.174. The second kappa shape index (κ2) is 43.3. The first kappa shape index (κ1) is 57.5. The first-order chi connectivity index (χ1) is 25.7. The van der Waals surface area contributed by atoms with E-state index in [1.165, 1.54) is 103 Å². The van der Waals surface area contributed by atoms with Crippen LogP contribution in [0.25, 0.3) is 0 Å². The molecule has 0 bridgehead atoms. The van der Waals surface area contributed by atoms with E-state index in [9.17, 15) is 14.4 Å². The van der Waals surface area contributed by atoms with Crippen molar-refractivity contribution in [2.75, 3.05) is 33.9 Å². The zero-order valence-corrected chi connectivity index (χ0v) is 37.4. The summed E-state index contributed by atoms with van der Waals surface area (Å²) in [5.74, 6) is -0.00387. The van der Waals surface area contributed by atoms with Crippen LogP contribution in [-0.2, 0) is 23.9 Å². The van der Waals surface area contributed by atoms with Crippen LogP contribution in [0.5, 0.6) is 0 Å². The SMILES string of the molecule is CN(C)CCC[C-]=O.[CH2-]CC(C[CH2-])(CCOC(=O)C(CCCCCC)CCCCCCCC)CCOC(=O)C(CCCCCC)CCCCCCCC.[Li+]. The summed E-state index contributed by atoms with van der Waals surface area (Å²) in [6.45, 7) is 19.2. The zero-order chi connectivity index (χ0) is 39.8. The van der Waals surface area contributed by atoms with E-state index in [0.717, 1.165) is 77.2 Å². The molecule has 2 atom stereocenters. The summed E-state index contributed by atoms with van der Waals surface area (Å²) < 4.78 is 11.8. The molecule has 0 aliphatic carbocycles. The maximum atomic E-state index is 13.2. The first-order valence-electron chi connectivity index (χ1n) is 22.6. The van der Waals surface area contributed by atoms with Crippen molar-refractivity contribution in [3.8, 4) is 0 Å². The van der Waals surface area contributed by atoms with Crippen molar-refractivity contribution in [2.24, 2.45) is 17.3 Å². The third kappa shape index (κ3) is 35.6. The second-order valence-corrected chi connectivity index (χ2v) is 16.1. The molecule has 7 heteroatoms. The average Bonchev–Trinajstić information content (AvgIpc) is 3.15. The largest absolute Gasteiger partial charge is 1.00 e. The molecule has 0 aliphatic rings. The van der Waals surface area contributed by atoms with Crippen LogP contribution in [0.15, 0.2) is 0 Å². The van der Waals surface area contributed by atoms with Gasteiger partial charge in [-0.05, 0) is 59.2 Å². The van der Waals surface area contributed by atoms with Crippen LogP contribution in [0.4, 0.5) is 0 Å². The number of carbonyl (C=O) groups excluding carboxylic acids is 3. The van der Waals surface area contributed by atoms with E-state index < -0.39 is 0 Å². The van der Waals surface area contributed by atoms with Gasteiger partial charge in [0.2, 0.25) is 0 Å². The molecule has 0 fully saturated rings. The molecule has 2 unspecified atom stereocenters. The number of rotatable bonds is 38. The van der Waals surface area contributed by atoms with E-state index >= 15 is 0 Å². The van der Waals surface area contributed by atoms with E-state index in [1.54, 1.807) is 0 Å². The van der Waals surface area contributed by atoms with Gasteiger partial charge in [-0.1, -0.05) is 168 Å². The van der Waals surface area contributed by atoms with Gasteiger partial charge in [0.1, 0.15) is 0 Å². The zero-order valence-electron chi connectivity index (χ0n) is 37.4. The third-order valence-electron chi connectivity index (χ3n) is 11.0. The summed E-state index contributed by atoms with van der Waals surface area (Å²) >= 11 is 0. The predicted molar refractivity (Wildman–Crippen MR) is 227 cm³/mol. The standard InChI is InChI=1S/C41H78O4.C6H12NO.Li/c1-7-13-17-21-23-27-31-37(29-25-19-15-9-3)39(42)44-35-33-41(11-5,12-6)34-36-45-40(43)38(30-26-20-16-10-4)32-28-24-22-18-14-8-2;1-7(2)5-3-4-6-8;/h37-38H,5-36H2,1-4H3;3-5H2,1-2H3;/q-2;-1;+1. The molecule has 6 nitrogen and oxygen atoms in total. The van der Waals surface area contributed by atoms with Crippen LogP contribution in [0, 0.1) is 31.1 Å². The van der Waals surface area contributed by atoms with E-state index in [2.05, 4.69) is 46.4 Å². The van der Waals surface area contributed by atoms with Gasteiger partial charge < -0.3 is 33.0 Å². The Morgan fingerprint density at radius 1 is 0.556 bits per heavy atom. The minimum absolute atomic E-state index is 0. The van der Waals surface area contributed by atoms with Gasteiger partial charge in [0.15, 0.2) is 0 Å². The number of ether oxygens (including phenoxy) is 2. The molecule has 0 aromatic heterocycles. The molecule has 0 saturated carbocycles. The van der Waals surface area contributed by atoms with Crippen LogP contribution in [0.3, 0.4) is 0 Å². The first-order valence-corrected chi connectivity index (χ1v) is 22.6. The fourth-order valence-electron chi connectivity index (χ4n) is 6.93. The molecule has 0 aromatic carbocycles. The van der Waals surface area contributed by atoms with Gasteiger partial charge in [0.05, 0.1) is 25.0 Å². The molecule has 0 amide bonds. The van der Waals surface area contributed by atoms with Gasteiger partial charge in [-0.25, -0.2) is 0 Å². The number of esters is 2. The number of carbonyl (C=O) groups is 2. The van der Waals surface area contributed by atoms with E-state index in [0.29, 0.717) is 32.5 Å². The summed E-state index contributed by atoms with van der Waals surface area (Å²) in [7, 11) is 3.98. The van der Waals surface area contributed by atoms with E-state index in [1.807, 2.05) is 20.4 Å². The van der Waals surface area contributed by atoms with Crippen molar-refractivity contribution in [2.45, 2.75) is 220 Å². The Kier molecular flexibility index (Phi) is 46.1. The molecule has 0 radical (unpaired) electrons. The molecule has 0 N–H and O–H groups in total. The van der Waals surface area contributed by atoms with E-state index in [-0.39, 0.29) is 48.1 Å². The Morgan fingerprint density at radius 3 is 1.17 bits per heavy atom. The molecule has 0 aromatic rings. The number of hydrogen-bond donors (Lipinski definition) is 0. The maximum Gasteiger partial charge on any atom is 1.00 e. The smallest absolute Gasteiger partial charge is 0.542 e. The molecule has 0 spiro atoms. The summed E-state index contributed by atoms with van der Waals surface area (Å²) in [6.07, 6.45) is 34.4. The number of unbranched alkanes of at least 4 members (excludes halogenated alkanes) is 17. The Balaban J connectivity index is -0.00000257. The van der Waals surface area contributed by atoms with Crippen LogP contribution in [0.1, 0.15) is 220 Å². The monoisotopic (exact) mass is 756 g/mol. The van der Waals surface area contributed by atoms with Crippen molar-refractivity contribution in [3.63, 3.8) is 0 Å². The third-order valence-corrected chi connectivity index (χ3v) is 11.0. The predicted octanol–water partition coefficient (Wildman–Crippen LogP) is 10.4. The van der Waals surface area contributed by atoms with Crippen molar-refractivity contribution in [3.05, 3.63) is 13.8 Å². The molecule has 0 rings (SSSR count). The van der Waals surface area contributed by atoms with E-state index in [4.69, 9.17) is 9.47 Å². The molecule has 316 valence electrons. The summed E-state index contributed by atoms with van der Waals surface area (Å²) in [6, 6.07) is 0. The summed E-state index contributed by atoms with van der Waals surface area (Å²) in [4.78, 5) is 38.1. The van der Waals surface area contributed by atoms with Crippen molar-refractivity contribution in [1.29, 1.82) is 0 Å². The second-order valence-electron chi connectivity index (χ2n) is 16.1. The van der Waals surface area contributed by atoms with Gasteiger partial charge in [-0.2, -0.15) is 19.3 Å². The number of hydrogen-bond acceptors (Lipinski definition) is 6. The quantitative estimate of drug-likeness (QED) is 0.0270. The Labute approximate surface area is 349 Å². The van der Waals surface area contributed by atoms with Gasteiger partial charge in [0.25, 0.3) is 0 Å².